The van der Waals surface area contributed by atoms with E-state index in [2.05, 4.69) is 10.2 Å². The van der Waals surface area contributed by atoms with Crippen LogP contribution in [0.4, 0.5) is 11.4 Å². The van der Waals surface area contributed by atoms with Crippen molar-refractivity contribution >= 4 is 46.6 Å². The van der Waals surface area contributed by atoms with Crippen LogP contribution in [-0.2, 0) is 9.53 Å². The van der Waals surface area contributed by atoms with E-state index >= 15 is 0 Å². The van der Waals surface area contributed by atoms with Crippen molar-refractivity contribution in [1.29, 1.82) is 5.26 Å². The number of nitrogens with one attached hydrogen (secondary N) is 1. The molecule has 32 heavy (non-hydrogen) atoms. The lowest BCUT2D eigenvalue weighted by molar-refractivity contribution is -0.112. The summed E-state index contributed by atoms with van der Waals surface area (Å²) in [5.41, 5.74) is 1.77. The molecule has 1 saturated heterocycles. The lowest BCUT2D eigenvalue weighted by Gasteiger charge is -2.30. The summed E-state index contributed by atoms with van der Waals surface area (Å²) in [5, 5.41) is 13.2. The van der Waals surface area contributed by atoms with Gasteiger partial charge in [-0.3, -0.25) is 4.79 Å². The molecule has 0 bridgehead atoms. The Kier molecular flexibility index (Phi) is 8.23. The number of amides is 1. The maximum Gasteiger partial charge on any atom is 0.266 e. The number of rotatable bonds is 7. The van der Waals surface area contributed by atoms with E-state index in [1.54, 1.807) is 24.3 Å². The molecule has 1 aliphatic heterocycles. The smallest absolute Gasteiger partial charge is 0.266 e. The molecule has 0 radical (unpaired) electrons. The Morgan fingerprint density at radius 2 is 2.03 bits per heavy atom. The molecule has 0 atom stereocenters. The zero-order valence-corrected chi connectivity index (χ0v) is 19.3. The number of ether oxygens (including phenoxy) is 3. The van der Waals surface area contributed by atoms with Gasteiger partial charge in [0.2, 0.25) is 0 Å². The Balaban J connectivity index is 1.90. The second kappa shape index (κ2) is 11.1. The average Bonchev–Trinajstić information content (AvgIpc) is 2.78. The van der Waals surface area contributed by atoms with Gasteiger partial charge in [0.05, 0.1) is 43.3 Å². The largest absolute Gasteiger partial charge is 0.491 e. The fourth-order valence-corrected chi connectivity index (χ4v) is 3.79. The predicted octanol–water partition coefficient (Wildman–Crippen LogP) is 4.78. The second-order valence-corrected chi connectivity index (χ2v) is 7.70. The van der Waals surface area contributed by atoms with Crippen molar-refractivity contribution in [3.8, 4) is 17.6 Å². The standard InChI is InChI=1S/C23H23Cl2N3O4/c1-3-32-21-12-15(11-18(25)22(21)30-2)10-16(14-26)23(29)27-19-13-17(24)4-5-20(19)28-6-8-31-9-7-28/h4-5,10-13H,3,6-9H2,1-2H3,(H,27,29)/b16-10+. The Morgan fingerprint density at radius 1 is 1.28 bits per heavy atom. The number of nitrogens with zero attached hydrogens (tertiary/aromatic N) is 2. The summed E-state index contributed by atoms with van der Waals surface area (Å²) in [4.78, 5) is 15.0. The molecule has 2 aromatic carbocycles. The first-order valence-electron chi connectivity index (χ1n) is 10.0. The van der Waals surface area contributed by atoms with E-state index in [1.807, 2.05) is 19.1 Å². The molecule has 0 spiro atoms. The quantitative estimate of drug-likeness (QED) is 0.457. The van der Waals surface area contributed by atoms with Crippen LogP contribution >= 0.6 is 23.2 Å². The van der Waals surface area contributed by atoms with E-state index in [0.29, 0.717) is 65.7 Å². The van der Waals surface area contributed by atoms with E-state index in [0.717, 1.165) is 5.69 Å². The van der Waals surface area contributed by atoms with E-state index in [9.17, 15) is 10.1 Å². The zero-order chi connectivity index (χ0) is 23.1. The van der Waals surface area contributed by atoms with Crippen LogP contribution in [0.5, 0.6) is 11.5 Å². The van der Waals surface area contributed by atoms with Crippen LogP contribution < -0.4 is 19.7 Å². The Hall–Kier alpha value is -2.92. The molecule has 1 heterocycles. The lowest BCUT2D eigenvalue weighted by Crippen LogP contribution is -2.36. The summed E-state index contributed by atoms with van der Waals surface area (Å²) in [6.07, 6.45) is 1.45. The molecule has 0 aromatic heterocycles. The SMILES string of the molecule is CCOc1cc(/C=C(\C#N)C(=O)Nc2cc(Cl)ccc2N2CCOCC2)cc(Cl)c1OC. The molecule has 2 aromatic rings. The number of benzene rings is 2. The minimum Gasteiger partial charge on any atom is -0.491 e. The first-order chi connectivity index (χ1) is 15.5. The zero-order valence-electron chi connectivity index (χ0n) is 17.8. The average molecular weight is 476 g/mol. The van der Waals surface area contributed by atoms with Crippen molar-refractivity contribution in [2.45, 2.75) is 6.92 Å². The van der Waals surface area contributed by atoms with Gasteiger partial charge in [0.1, 0.15) is 11.6 Å². The minimum atomic E-state index is -0.561. The maximum absolute atomic E-state index is 12.9. The van der Waals surface area contributed by atoms with Crippen molar-refractivity contribution in [2.24, 2.45) is 0 Å². The molecule has 1 amide bonds. The summed E-state index contributed by atoms with van der Waals surface area (Å²) in [7, 11) is 1.49. The third kappa shape index (κ3) is 5.65. The van der Waals surface area contributed by atoms with Crippen LogP contribution in [0, 0.1) is 11.3 Å². The number of methoxy groups -OCH3 is 1. The molecule has 7 nitrogen and oxygen atoms in total. The highest BCUT2D eigenvalue weighted by Crippen LogP contribution is 2.37. The Morgan fingerprint density at radius 3 is 2.69 bits per heavy atom. The van der Waals surface area contributed by atoms with Crippen LogP contribution in [0.1, 0.15) is 12.5 Å². The monoisotopic (exact) mass is 475 g/mol. The first-order valence-corrected chi connectivity index (χ1v) is 10.8. The highest BCUT2D eigenvalue weighted by molar-refractivity contribution is 6.32. The predicted molar refractivity (Wildman–Crippen MR) is 126 cm³/mol. The number of nitriles is 1. The fraction of sp³-hybridized carbons (Fsp3) is 0.304. The van der Waals surface area contributed by atoms with Gasteiger partial charge in [-0.2, -0.15) is 5.26 Å². The van der Waals surface area contributed by atoms with Crippen molar-refractivity contribution in [3.63, 3.8) is 0 Å². The van der Waals surface area contributed by atoms with Crippen molar-refractivity contribution < 1.29 is 19.0 Å². The summed E-state index contributed by atoms with van der Waals surface area (Å²) in [6.45, 7) is 4.82. The van der Waals surface area contributed by atoms with Crippen molar-refractivity contribution in [2.75, 3.05) is 50.2 Å². The molecule has 0 unspecified atom stereocenters. The summed E-state index contributed by atoms with van der Waals surface area (Å²) in [6, 6.07) is 10.5. The molecule has 0 saturated carbocycles. The number of hydrogen-bond donors (Lipinski definition) is 1. The number of carbonyl (C=O) groups excluding carboxylic acids is 1. The second-order valence-electron chi connectivity index (χ2n) is 6.85. The summed E-state index contributed by atoms with van der Waals surface area (Å²) >= 11 is 12.4. The molecule has 0 aliphatic carbocycles. The molecule has 1 N–H and O–H groups in total. The molecule has 9 heteroatoms. The van der Waals surface area contributed by atoms with Crippen LogP contribution in [0.3, 0.4) is 0 Å². The van der Waals surface area contributed by atoms with Gasteiger partial charge in [0.25, 0.3) is 5.91 Å². The van der Waals surface area contributed by atoms with E-state index < -0.39 is 5.91 Å². The van der Waals surface area contributed by atoms with Gasteiger partial charge in [-0.15, -0.1) is 0 Å². The van der Waals surface area contributed by atoms with Gasteiger partial charge < -0.3 is 24.4 Å². The van der Waals surface area contributed by atoms with Crippen LogP contribution in [0.25, 0.3) is 6.08 Å². The van der Waals surface area contributed by atoms with Gasteiger partial charge in [-0.05, 0) is 48.9 Å². The molecular formula is C23H23Cl2N3O4. The number of anilines is 2. The summed E-state index contributed by atoms with van der Waals surface area (Å²) < 4.78 is 16.2. The van der Waals surface area contributed by atoms with Crippen LogP contribution in [-0.4, -0.2) is 45.9 Å². The van der Waals surface area contributed by atoms with Gasteiger partial charge in [-0.25, -0.2) is 0 Å². The minimum absolute atomic E-state index is 0.0958. The third-order valence-corrected chi connectivity index (χ3v) is 5.29. The van der Waals surface area contributed by atoms with E-state index in [-0.39, 0.29) is 5.57 Å². The molecule has 1 fully saturated rings. The maximum atomic E-state index is 12.9. The Labute approximate surface area is 197 Å². The van der Waals surface area contributed by atoms with Crippen molar-refractivity contribution in [3.05, 3.63) is 51.5 Å². The topological polar surface area (TPSA) is 83.8 Å². The summed E-state index contributed by atoms with van der Waals surface area (Å²) in [5.74, 6) is 0.257. The van der Waals surface area contributed by atoms with Gasteiger partial charge in [0.15, 0.2) is 11.5 Å². The molecular weight excluding hydrogens is 453 g/mol. The van der Waals surface area contributed by atoms with E-state index in [4.69, 9.17) is 37.4 Å². The van der Waals surface area contributed by atoms with E-state index in [1.165, 1.54) is 13.2 Å². The third-order valence-electron chi connectivity index (χ3n) is 4.77. The van der Waals surface area contributed by atoms with Gasteiger partial charge in [0, 0.05) is 18.1 Å². The Bertz CT molecular complexity index is 1060. The van der Waals surface area contributed by atoms with Crippen LogP contribution in [0.2, 0.25) is 10.0 Å². The van der Waals surface area contributed by atoms with Crippen molar-refractivity contribution in [1.82, 2.24) is 0 Å². The highest BCUT2D eigenvalue weighted by atomic mass is 35.5. The lowest BCUT2D eigenvalue weighted by atomic mass is 10.1. The number of carbonyl (C=O) groups is 1. The normalized spacial score (nSPS) is 14.0. The van der Waals surface area contributed by atoms with Crippen LogP contribution in [0.15, 0.2) is 35.9 Å². The number of morpholine rings is 1. The molecule has 168 valence electrons. The molecule has 3 rings (SSSR count). The number of halogens is 2. The molecule has 1 aliphatic rings. The van der Waals surface area contributed by atoms with Gasteiger partial charge in [-0.1, -0.05) is 23.2 Å². The highest BCUT2D eigenvalue weighted by Gasteiger charge is 2.19. The fourth-order valence-electron chi connectivity index (χ4n) is 3.33. The number of hydrogen-bond acceptors (Lipinski definition) is 6. The first kappa shape index (κ1) is 23.7. The van der Waals surface area contributed by atoms with Gasteiger partial charge >= 0.3 is 0 Å².